The van der Waals surface area contributed by atoms with Crippen molar-refractivity contribution in [3.8, 4) is 0 Å². The summed E-state index contributed by atoms with van der Waals surface area (Å²) < 4.78 is 10.4. The Kier molecular flexibility index (Phi) is 6.35. The number of nitrogens with zero attached hydrogens (tertiary/aromatic N) is 3. The lowest BCUT2D eigenvalue weighted by Crippen LogP contribution is -2.37. The predicted molar refractivity (Wildman–Crippen MR) is 102 cm³/mol. The van der Waals surface area contributed by atoms with E-state index in [4.69, 9.17) is 9.47 Å². The number of anilines is 2. The smallest absolute Gasteiger partial charge is 0.356 e. The number of hydrogen-bond donors (Lipinski definition) is 2. The highest BCUT2D eigenvalue weighted by atomic mass is 16.5. The molecule has 2 heterocycles. The first-order chi connectivity index (χ1) is 14.0. The third-order valence-electron chi connectivity index (χ3n) is 4.22. The Morgan fingerprint density at radius 3 is 2.52 bits per heavy atom. The quantitative estimate of drug-likeness (QED) is 0.691. The van der Waals surface area contributed by atoms with Crippen LogP contribution in [0.15, 0.2) is 30.6 Å². The van der Waals surface area contributed by atoms with Gasteiger partial charge in [0, 0.05) is 25.5 Å². The van der Waals surface area contributed by atoms with Crippen LogP contribution in [0.4, 0.5) is 11.4 Å². The average molecular weight is 400 g/mol. The number of benzene rings is 1. The lowest BCUT2D eigenvalue weighted by molar-refractivity contribution is 0.0525. The second kappa shape index (κ2) is 9.11. The number of hydrogen-bond acceptors (Lipinski definition) is 8. The average Bonchev–Trinajstić information content (AvgIpc) is 2.74. The van der Waals surface area contributed by atoms with E-state index in [9.17, 15) is 19.5 Å². The van der Waals surface area contributed by atoms with E-state index >= 15 is 0 Å². The van der Waals surface area contributed by atoms with Crippen LogP contribution in [0.1, 0.15) is 38.3 Å². The molecule has 1 aliphatic heterocycles. The van der Waals surface area contributed by atoms with Crippen LogP contribution in [0.2, 0.25) is 0 Å². The first-order valence-corrected chi connectivity index (χ1v) is 9.00. The first kappa shape index (κ1) is 20.2. The van der Waals surface area contributed by atoms with Gasteiger partial charge < -0.3 is 24.8 Å². The molecule has 0 atom stereocenters. The van der Waals surface area contributed by atoms with Crippen molar-refractivity contribution in [3.63, 3.8) is 0 Å². The number of esters is 1. The molecule has 1 aliphatic rings. The standard InChI is InChI=1S/C19H20N4O6/c1-2-29-19(27)12-3-4-14(23-7-9-28-10-8-23)13(11-12)22-17(24)15-16(18(25)26)21-6-5-20-15/h3-6,11H,2,7-10H2,1H3,(H,22,24)(H,25,26). The summed E-state index contributed by atoms with van der Waals surface area (Å²) in [6.07, 6.45) is 2.43. The van der Waals surface area contributed by atoms with Gasteiger partial charge in [-0.05, 0) is 25.1 Å². The van der Waals surface area contributed by atoms with Crippen molar-refractivity contribution in [3.05, 3.63) is 47.5 Å². The van der Waals surface area contributed by atoms with Gasteiger partial charge in [-0.3, -0.25) is 4.79 Å². The van der Waals surface area contributed by atoms with Crippen molar-refractivity contribution in [2.75, 3.05) is 43.1 Å². The van der Waals surface area contributed by atoms with E-state index in [1.165, 1.54) is 18.5 Å². The molecule has 10 heteroatoms. The van der Waals surface area contributed by atoms with Gasteiger partial charge in [0.25, 0.3) is 5.91 Å². The Balaban J connectivity index is 1.96. The predicted octanol–water partition coefficient (Wildman–Crippen LogP) is 1.44. The van der Waals surface area contributed by atoms with E-state index in [-0.39, 0.29) is 17.9 Å². The van der Waals surface area contributed by atoms with Gasteiger partial charge in [-0.15, -0.1) is 0 Å². The van der Waals surface area contributed by atoms with E-state index < -0.39 is 23.5 Å². The number of carbonyl (C=O) groups excluding carboxylic acids is 2. The maximum absolute atomic E-state index is 12.7. The Morgan fingerprint density at radius 1 is 1.17 bits per heavy atom. The third kappa shape index (κ3) is 4.66. The van der Waals surface area contributed by atoms with Crippen LogP contribution in [-0.4, -0.2) is 65.8 Å². The van der Waals surface area contributed by atoms with Crippen LogP contribution in [0.3, 0.4) is 0 Å². The summed E-state index contributed by atoms with van der Waals surface area (Å²) in [5.41, 5.74) is 0.491. The number of amides is 1. The van der Waals surface area contributed by atoms with E-state index in [0.29, 0.717) is 37.7 Å². The minimum absolute atomic E-state index is 0.216. The summed E-state index contributed by atoms with van der Waals surface area (Å²) in [4.78, 5) is 45.7. The molecule has 1 saturated heterocycles. The van der Waals surface area contributed by atoms with Gasteiger partial charge in [-0.1, -0.05) is 0 Å². The molecule has 0 bridgehead atoms. The third-order valence-corrected chi connectivity index (χ3v) is 4.22. The summed E-state index contributed by atoms with van der Waals surface area (Å²) in [6, 6.07) is 4.82. The number of ether oxygens (including phenoxy) is 2. The van der Waals surface area contributed by atoms with E-state index in [1.54, 1.807) is 19.1 Å². The second-order valence-electron chi connectivity index (χ2n) is 6.06. The SMILES string of the molecule is CCOC(=O)c1ccc(N2CCOCC2)c(NC(=O)c2nccnc2C(=O)O)c1. The Bertz CT molecular complexity index is 927. The molecule has 0 spiro atoms. The zero-order valence-corrected chi connectivity index (χ0v) is 15.8. The minimum atomic E-state index is -1.36. The Hall–Kier alpha value is -3.53. The fraction of sp³-hybridized carbons (Fsp3) is 0.316. The Labute approximate surface area is 166 Å². The maximum Gasteiger partial charge on any atom is 0.356 e. The van der Waals surface area contributed by atoms with Crippen molar-refractivity contribution in [2.24, 2.45) is 0 Å². The van der Waals surface area contributed by atoms with Crippen LogP contribution < -0.4 is 10.2 Å². The van der Waals surface area contributed by atoms with Gasteiger partial charge in [0.15, 0.2) is 11.4 Å². The van der Waals surface area contributed by atoms with Crippen molar-refractivity contribution < 1.29 is 29.0 Å². The van der Waals surface area contributed by atoms with Crippen molar-refractivity contribution in [1.82, 2.24) is 9.97 Å². The number of carbonyl (C=O) groups is 3. The van der Waals surface area contributed by atoms with Gasteiger partial charge in [0.2, 0.25) is 0 Å². The molecule has 2 aromatic rings. The number of aromatic nitrogens is 2. The van der Waals surface area contributed by atoms with Crippen LogP contribution in [-0.2, 0) is 9.47 Å². The van der Waals surface area contributed by atoms with Crippen molar-refractivity contribution in [2.45, 2.75) is 6.92 Å². The normalized spacial score (nSPS) is 13.6. The highest BCUT2D eigenvalue weighted by molar-refractivity contribution is 6.10. The molecule has 0 unspecified atom stereocenters. The number of carboxylic acid groups (broad SMARTS) is 1. The molecular weight excluding hydrogens is 380 g/mol. The zero-order valence-electron chi connectivity index (χ0n) is 15.8. The van der Waals surface area contributed by atoms with Gasteiger partial charge in [0.05, 0.1) is 36.8 Å². The summed E-state index contributed by atoms with van der Waals surface area (Å²) in [5, 5.41) is 11.9. The van der Waals surface area contributed by atoms with Gasteiger partial charge in [0.1, 0.15) is 0 Å². The number of nitrogens with one attached hydrogen (secondary N) is 1. The molecule has 1 aromatic heterocycles. The van der Waals surface area contributed by atoms with Gasteiger partial charge in [-0.25, -0.2) is 19.6 Å². The monoisotopic (exact) mass is 400 g/mol. The number of aromatic carboxylic acids is 1. The summed E-state index contributed by atoms with van der Waals surface area (Å²) in [5.74, 6) is -2.63. The molecule has 3 rings (SSSR count). The van der Waals surface area contributed by atoms with Crippen molar-refractivity contribution >= 4 is 29.2 Å². The number of carboxylic acids is 1. The summed E-state index contributed by atoms with van der Waals surface area (Å²) in [6.45, 7) is 4.18. The highest BCUT2D eigenvalue weighted by Crippen LogP contribution is 2.29. The molecule has 1 aromatic carbocycles. The molecule has 29 heavy (non-hydrogen) atoms. The molecule has 1 amide bonds. The summed E-state index contributed by atoms with van der Waals surface area (Å²) >= 11 is 0. The van der Waals surface area contributed by atoms with Crippen LogP contribution in [0, 0.1) is 0 Å². The molecule has 1 fully saturated rings. The topological polar surface area (TPSA) is 131 Å². The van der Waals surface area contributed by atoms with E-state index in [2.05, 4.69) is 15.3 Å². The number of morpholine rings is 1. The van der Waals surface area contributed by atoms with E-state index in [1.807, 2.05) is 4.90 Å². The highest BCUT2D eigenvalue weighted by Gasteiger charge is 2.23. The lowest BCUT2D eigenvalue weighted by atomic mass is 10.1. The molecule has 0 saturated carbocycles. The van der Waals surface area contributed by atoms with Crippen LogP contribution in [0.25, 0.3) is 0 Å². The number of rotatable bonds is 6. The molecule has 0 radical (unpaired) electrons. The zero-order chi connectivity index (χ0) is 20.8. The van der Waals surface area contributed by atoms with Crippen molar-refractivity contribution in [1.29, 1.82) is 0 Å². The fourth-order valence-corrected chi connectivity index (χ4v) is 2.90. The molecule has 152 valence electrons. The molecule has 10 nitrogen and oxygen atoms in total. The summed E-state index contributed by atoms with van der Waals surface area (Å²) in [7, 11) is 0. The minimum Gasteiger partial charge on any atom is -0.476 e. The fourth-order valence-electron chi connectivity index (χ4n) is 2.90. The maximum atomic E-state index is 12.7. The lowest BCUT2D eigenvalue weighted by Gasteiger charge is -2.30. The van der Waals surface area contributed by atoms with Gasteiger partial charge >= 0.3 is 11.9 Å². The van der Waals surface area contributed by atoms with Gasteiger partial charge in [-0.2, -0.15) is 0 Å². The molecule has 0 aliphatic carbocycles. The van der Waals surface area contributed by atoms with E-state index in [0.717, 1.165) is 0 Å². The largest absolute Gasteiger partial charge is 0.476 e. The molecule has 2 N–H and O–H groups in total. The Morgan fingerprint density at radius 2 is 1.86 bits per heavy atom. The van der Waals surface area contributed by atoms with Crippen LogP contribution >= 0.6 is 0 Å². The van der Waals surface area contributed by atoms with Crippen LogP contribution in [0.5, 0.6) is 0 Å². The molecular formula is C19H20N4O6. The second-order valence-corrected chi connectivity index (χ2v) is 6.06. The first-order valence-electron chi connectivity index (χ1n) is 9.00.